The van der Waals surface area contributed by atoms with Crippen molar-refractivity contribution in [2.24, 2.45) is 7.05 Å². The standard InChI is InChI=1S/C16H25N5O4/c1-20-11-18-13(19-20)15(23)21-8-5-16(6-9-21)4-3-12(25-16)14(22)17-7-10-24-2/h11-12H,3-10H2,1-2H3,(H,17,22)/t12-/m1/s1. The van der Waals surface area contributed by atoms with Crippen LogP contribution in [-0.2, 0) is 21.3 Å². The Morgan fingerprint density at radius 3 is 2.80 bits per heavy atom. The third-order valence-corrected chi connectivity index (χ3v) is 4.91. The van der Waals surface area contributed by atoms with Crippen molar-refractivity contribution in [1.29, 1.82) is 0 Å². The van der Waals surface area contributed by atoms with Gasteiger partial charge in [0.1, 0.15) is 12.4 Å². The van der Waals surface area contributed by atoms with E-state index in [0.29, 0.717) is 32.7 Å². The lowest BCUT2D eigenvalue weighted by atomic mass is 9.88. The molecule has 1 aromatic heterocycles. The van der Waals surface area contributed by atoms with Crippen LogP contribution in [0.15, 0.2) is 6.33 Å². The Morgan fingerprint density at radius 2 is 2.16 bits per heavy atom. The molecular weight excluding hydrogens is 326 g/mol. The minimum Gasteiger partial charge on any atom is -0.383 e. The summed E-state index contributed by atoms with van der Waals surface area (Å²) in [6, 6.07) is 0. The van der Waals surface area contributed by atoms with E-state index in [2.05, 4.69) is 15.4 Å². The molecular formula is C16H25N5O4. The van der Waals surface area contributed by atoms with Crippen molar-refractivity contribution in [3.63, 3.8) is 0 Å². The molecule has 2 fully saturated rings. The summed E-state index contributed by atoms with van der Waals surface area (Å²) in [4.78, 5) is 30.3. The summed E-state index contributed by atoms with van der Waals surface area (Å²) < 4.78 is 12.5. The molecule has 1 spiro atoms. The molecule has 0 saturated carbocycles. The lowest BCUT2D eigenvalue weighted by Crippen LogP contribution is -2.48. The van der Waals surface area contributed by atoms with Crippen LogP contribution in [-0.4, -0.2) is 76.5 Å². The van der Waals surface area contributed by atoms with Crippen LogP contribution in [0, 0.1) is 0 Å². The molecule has 0 radical (unpaired) electrons. The number of piperidine rings is 1. The van der Waals surface area contributed by atoms with Crippen LogP contribution in [0.1, 0.15) is 36.3 Å². The Bertz CT molecular complexity index is 624. The number of ether oxygens (including phenoxy) is 2. The van der Waals surface area contributed by atoms with E-state index in [-0.39, 0.29) is 23.2 Å². The molecule has 0 aliphatic carbocycles. The van der Waals surface area contributed by atoms with Crippen molar-refractivity contribution in [2.75, 3.05) is 33.4 Å². The third-order valence-electron chi connectivity index (χ3n) is 4.91. The predicted molar refractivity (Wildman–Crippen MR) is 87.9 cm³/mol. The number of carbonyl (C=O) groups is 2. The van der Waals surface area contributed by atoms with Gasteiger partial charge >= 0.3 is 0 Å². The van der Waals surface area contributed by atoms with Crippen molar-refractivity contribution in [3.05, 3.63) is 12.2 Å². The van der Waals surface area contributed by atoms with E-state index in [0.717, 1.165) is 19.3 Å². The first-order chi connectivity index (χ1) is 12.0. The Kier molecular flexibility index (Phi) is 5.33. The van der Waals surface area contributed by atoms with Crippen LogP contribution in [0.3, 0.4) is 0 Å². The fraction of sp³-hybridized carbons (Fsp3) is 0.750. The largest absolute Gasteiger partial charge is 0.383 e. The molecule has 138 valence electrons. The molecule has 9 nitrogen and oxygen atoms in total. The van der Waals surface area contributed by atoms with Gasteiger partial charge in [0.15, 0.2) is 0 Å². The van der Waals surface area contributed by atoms with Gasteiger partial charge in [0.05, 0.1) is 12.2 Å². The summed E-state index contributed by atoms with van der Waals surface area (Å²) in [5.74, 6) is -0.00592. The summed E-state index contributed by atoms with van der Waals surface area (Å²) in [6.45, 7) is 2.16. The second kappa shape index (κ2) is 7.49. The number of rotatable bonds is 5. The molecule has 0 aromatic carbocycles. The number of hydrogen-bond acceptors (Lipinski definition) is 6. The summed E-state index contributed by atoms with van der Waals surface area (Å²) in [6.07, 6.45) is 4.14. The lowest BCUT2D eigenvalue weighted by Gasteiger charge is -2.38. The summed E-state index contributed by atoms with van der Waals surface area (Å²) in [7, 11) is 3.34. The molecule has 9 heteroatoms. The molecule has 2 amide bonds. The quantitative estimate of drug-likeness (QED) is 0.734. The normalized spacial score (nSPS) is 22.3. The van der Waals surface area contributed by atoms with Gasteiger partial charge in [-0.15, -0.1) is 5.10 Å². The smallest absolute Gasteiger partial charge is 0.293 e. The van der Waals surface area contributed by atoms with Gasteiger partial charge in [0.2, 0.25) is 11.7 Å². The number of aryl methyl sites for hydroxylation is 1. The van der Waals surface area contributed by atoms with Crippen molar-refractivity contribution in [1.82, 2.24) is 25.0 Å². The van der Waals surface area contributed by atoms with Gasteiger partial charge < -0.3 is 19.7 Å². The first kappa shape index (κ1) is 17.8. The highest BCUT2D eigenvalue weighted by Gasteiger charge is 2.45. The number of likely N-dealkylation sites (tertiary alicyclic amines) is 1. The molecule has 3 heterocycles. The van der Waals surface area contributed by atoms with Crippen LogP contribution in [0.5, 0.6) is 0 Å². The molecule has 2 aliphatic heterocycles. The van der Waals surface area contributed by atoms with Crippen molar-refractivity contribution in [2.45, 2.75) is 37.4 Å². The van der Waals surface area contributed by atoms with Gasteiger partial charge in [-0.05, 0) is 25.7 Å². The van der Waals surface area contributed by atoms with E-state index in [9.17, 15) is 9.59 Å². The maximum atomic E-state index is 12.4. The lowest BCUT2D eigenvalue weighted by molar-refractivity contribution is -0.140. The summed E-state index contributed by atoms with van der Waals surface area (Å²) >= 11 is 0. The van der Waals surface area contributed by atoms with Crippen molar-refractivity contribution < 1.29 is 19.1 Å². The van der Waals surface area contributed by atoms with Gasteiger partial charge in [-0.2, -0.15) is 0 Å². The Labute approximate surface area is 146 Å². The average molecular weight is 351 g/mol. The first-order valence-electron chi connectivity index (χ1n) is 8.62. The molecule has 3 rings (SSSR count). The maximum Gasteiger partial charge on any atom is 0.293 e. The highest BCUT2D eigenvalue weighted by Crippen LogP contribution is 2.39. The number of methoxy groups -OCH3 is 1. The molecule has 1 aromatic rings. The highest BCUT2D eigenvalue weighted by atomic mass is 16.5. The van der Waals surface area contributed by atoms with E-state index < -0.39 is 6.10 Å². The first-order valence-corrected chi connectivity index (χ1v) is 8.62. The van der Waals surface area contributed by atoms with E-state index in [1.807, 2.05) is 0 Å². The van der Waals surface area contributed by atoms with Gasteiger partial charge in [0.25, 0.3) is 5.91 Å². The van der Waals surface area contributed by atoms with Crippen LogP contribution < -0.4 is 5.32 Å². The van der Waals surface area contributed by atoms with Gasteiger partial charge in [-0.1, -0.05) is 0 Å². The molecule has 25 heavy (non-hydrogen) atoms. The van der Waals surface area contributed by atoms with E-state index in [1.54, 1.807) is 19.1 Å². The number of nitrogens with zero attached hydrogens (tertiary/aromatic N) is 4. The van der Waals surface area contributed by atoms with Crippen LogP contribution in [0.25, 0.3) is 0 Å². The summed E-state index contributed by atoms with van der Waals surface area (Å²) in [5.41, 5.74) is -0.294. The van der Waals surface area contributed by atoms with Crippen LogP contribution in [0.2, 0.25) is 0 Å². The number of carbonyl (C=O) groups excluding carboxylic acids is 2. The zero-order chi connectivity index (χ0) is 17.9. The van der Waals surface area contributed by atoms with Gasteiger partial charge in [-0.3, -0.25) is 14.3 Å². The maximum absolute atomic E-state index is 12.4. The molecule has 0 unspecified atom stereocenters. The Balaban J connectivity index is 1.50. The van der Waals surface area contributed by atoms with Crippen molar-refractivity contribution in [3.8, 4) is 0 Å². The van der Waals surface area contributed by atoms with E-state index >= 15 is 0 Å². The van der Waals surface area contributed by atoms with Gasteiger partial charge in [-0.25, -0.2) is 4.98 Å². The zero-order valence-electron chi connectivity index (χ0n) is 14.7. The molecule has 1 N–H and O–H groups in total. The fourth-order valence-electron chi connectivity index (χ4n) is 3.45. The summed E-state index contributed by atoms with van der Waals surface area (Å²) in [5, 5.41) is 6.89. The monoisotopic (exact) mass is 351 g/mol. The number of aromatic nitrogens is 3. The van der Waals surface area contributed by atoms with E-state index in [4.69, 9.17) is 9.47 Å². The van der Waals surface area contributed by atoms with Crippen molar-refractivity contribution >= 4 is 11.8 Å². The molecule has 1 atom stereocenters. The number of amides is 2. The zero-order valence-corrected chi connectivity index (χ0v) is 14.7. The Morgan fingerprint density at radius 1 is 1.40 bits per heavy atom. The van der Waals surface area contributed by atoms with Crippen LogP contribution in [0.4, 0.5) is 0 Å². The number of nitrogens with one attached hydrogen (secondary N) is 1. The topological polar surface area (TPSA) is 98.6 Å². The number of hydrogen-bond donors (Lipinski definition) is 1. The minimum atomic E-state index is -0.406. The second-order valence-corrected chi connectivity index (χ2v) is 6.65. The minimum absolute atomic E-state index is 0.0786. The molecule has 0 bridgehead atoms. The third kappa shape index (κ3) is 3.98. The fourth-order valence-corrected chi connectivity index (χ4v) is 3.45. The predicted octanol–water partition coefficient (Wildman–Crippen LogP) is -0.268. The van der Waals surface area contributed by atoms with E-state index in [1.165, 1.54) is 11.0 Å². The highest BCUT2D eigenvalue weighted by molar-refractivity contribution is 5.90. The average Bonchev–Trinajstić information content (AvgIpc) is 3.22. The molecule has 2 saturated heterocycles. The SMILES string of the molecule is COCCNC(=O)[C@H]1CCC2(CCN(C(=O)c3ncn(C)n3)CC2)O1. The Hall–Kier alpha value is -2.00. The molecule has 2 aliphatic rings. The second-order valence-electron chi connectivity index (χ2n) is 6.65. The van der Waals surface area contributed by atoms with Crippen LogP contribution >= 0.6 is 0 Å². The van der Waals surface area contributed by atoms with Gasteiger partial charge in [0, 0.05) is 33.8 Å².